The Balaban J connectivity index is 2.02. The number of anilines is 1. The largest absolute Gasteiger partial charge is 0.330 e. The van der Waals surface area contributed by atoms with E-state index in [0.717, 1.165) is 32.2 Å². The van der Waals surface area contributed by atoms with Crippen LogP contribution in [-0.2, 0) is 9.59 Å². The van der Waals surface area contributed by atoms with Gasteiger partial charge in [0.1, 0.15) is 0 Å². The molecule has 0 spiro atoms. The maximum Gasteiger partial charge on any atom is 0.313 e. The molecule has 2 amide bonds. The fourth-order valence-corrected chi connectivity index (χ4v) is 2.95. The zero-order valence-corrected chi connectivity index (χ0v) is 14.5. The molecule has 0 heterocycles. The molecule has 0 saturated heterocycles. The number of hydrogen-bond acceptors (Lipinski definition) is 3. The smallest absolute Gasteiger partial charge is 0.313 e. The number of halogens is 1. The van der Waals surface area contributed by atoms with Gasteiger partial charge in [-0.15, -0.1) is 0 Å². The Morgan fingerprint density at radius 3 is 2.30 bits per heavy atom. The Morgan fingerprint density at radius 2 is 1.74 bits per heavy atom. The van der Waals surface area contributed by atoms with Crippen LogP contribution in [0.15, 0.2) is 24.3 Å². The molecule has 0 radical (unpaired) electrons. The van der Waals surface area contributed by atoms with Crippen LogP contribution in [0, 0.1) is 0 Å². The van der Waals surface area contributed by atoms with Gasteiger partial charge in [0.2, 0.25) is 0 Å². The van der Waals surface area contributed by atoms with Crippen molar-refractivity contribution in [3.63, 3.8) is 0 Å². The molecule has 5 nitrogen and oxygen atoms in total. The highest BCUT2D eigenvalue weighted by molar-refractivity contribution is 6.39. The first-order chi connectivity index (χ1) is 11.0. The first-order valence-electron chi connectivity index (χ1n) is 7.99. The number of carbonyl (C=O) groups is 2. The van der Waals surface area contributed by atoms with Crippen molar-refractivity contribution in [2.75, 3.05) is 32.5 Å². The molecular weight excluding hydrogens is 314 g/mol. The second-order valence-electron chi connectivity index (χ2n) is 6.20. The van der Waals surface area contributed by atoms with E-state index in [-0.39, 0.29) is 6.04 Å². The summed E-state index contributed by atoms with van der Waals surface area (Å²) in [6, 6.07) is 6.92. The van der Waals surface area contributed by atoms with Gasteiger partial charge in [-0.05, 0) is 51.2 Å². The summed E-state index contributed by atoms with van der Waals surface area (Å²) < 4.78 is 0. The van der Waals surface area contributed by atoms with Gasteiger partial charge < -0.3 is 15.1 Å². The SMILES string of the molecule is CN(C)CCN(C(=O)C(=O)Nc1ccc(Cl)cc1)C1CCCC1. The maximum absolute atomic E-state index is 12.6. The van der Waals surface area contributed by atoms with Crippen molar-refractivity contribution in [2.45, 2.75) is 31.7 Å². The second kappa shape index (κ2) is 8.31. The normalized spacial score (nSPS) is 15.0. The summed E-state index contributed by atoms with van der Waals surface area (Å²) in [5, 5.41) is 3.25. The summed E-state index contributed by atoms with van der Waals surface area (Å²) in [4.78, 5) is 28.6. The van der Waals surface area contributed by atoms with Gasteiger partial charge in [-0.2, -0.15) is 0 Å². The van der Waals surface area contributed by atoms with Crippen molar-refractivity contribution in [1.29, 1.82) is 0 Å². The van der Waals surface area contributed by atoms with Crippen molar-refractivity contribution >= 4 is 29.1 Å². The zero-order valence-electron chi connectivity index (χ0n) is 13.7. The molecule has 6 heteroatoms. The summed E-state index contributed by atoms with van der Waals surface area (Å²) in [6.45, 7) is 1.32. The lowest BCUT2D eigenvalue weighted by Gasteiger charge is -2.29. The quantitative estimate of drug-likeness (QED) is 0.840. The first-order valence-corrected chi connectivity index (χ1v) is 8.37. The number of benzene rings is 1. The number of likely N-dealkylation sites (N-methyl/N-ethyl adjacent to an activating group) is 1. The van der Waals surface area contributed by atoms with Crippen molar-refractivity contribution in [3.8, 4) is 0 Å². The number of nitrogens with zero attached hydrogens (tertiary/aromatic N) is 2. The van der Waals surface area contributed by atoms with Crippen LogP contribution in [0.5, 0.6) is 0 Å². The Kier molecular flexibility index (Phi) is 6.42. The van der Waals surface area contributed by atoms with Gasteiger partial charge in [-0.25, -0.2) is 0 Å². The highest BCUT2D eigenvalue weighted by Crippen LogP contribution is 2.24. The molecule has 1 saturated carbocycles. The molecule has 0 unspecified atom stereocenters. The van der Waals surface area contributed by atoms with E-state index in [0.29, 0.717) is 17.3 Å². The lowest BCUT2D eigenvalue weighted by atomic mass is 10.2. The Morgan fingerprint density at radius 1 is 1.13 bits per heavy atom. The minimum Gasteiger partial charge on any atom is -0.330 e. The van der Waals surface area contributed by atoms with Crippen molar-refractivity contribution in [3.05, 3.63) is 29.3 Å². The molecule has 23 heavy (non-hydrogen) atoms. The highest BCUT2D eigenvalue weighted by atomic mass is 35.5. The van der Waals surface area contributed by atoms with Crippen LogP contribution in [0.3, 0.4) is 0 Å². The van der Waals surface area contributed by atoms with Crippen LogP contribution in [0.1, 0.15) is 25.7 Å². The monoisotopic (exact) mass is 337 g/mol. The van der Waals surface area contributed by atoms with Gasteiger partial charge in [-0.1, -0.05) is 24.4 Å². The van der Waals surface area contributed by atoms with Crippen molar-refractivity contribution in [1.82, 2.24) is 9.80 Å². The van der Waals surface area contributed by atoms with E-state index in [9.17, 15) is 9.59 Å². The third kappa shape index (κ3) is 5.22. The fraction of sp³-hybridized carbons (Fsp3) is 0.529. The summed E-state index contributed by atoms with van der Waals surface area (Å²) in [5.41, 5.74) is 0.576. The molecule has 1 aromatic carbocycles. The van der Waals surface area contributed by atoms with E-state index >= 15 is 0 Å². The Labute approximate surface area is 142 Å². The van der Waals surface area contributed by atoms with Crippen molar-refractivity contribution < 1.29 is 9.59 Å². The molecule has 0 bridgehead atoms. The van der Waals surface area contributed by atoms with Crippen LogP contribution < -0.4 is 5.32 Å². The third-order valence-corrected chi connectivity index (χ3v) is 4.36. The standard InChI is InChI=1S/C17H24ClN3O2/c1-20(2)11-12-21(15-5-3-4-6-15)17(23)16(22)19-14-9-7-13(18)8-10-14/h7-10,15H,3-6,11-12H2,1-2H3,(H,19,22). The summed E-state index contributed by atoms with van der Waals surface area (Å²) in [5.74, 6) is -1.04. The van der Waals surface area contributed by atoms with Crippen LogP contribution >= 0.6 is 11.6 Å². The number of amides is 2. The first kappa shape index (κ1) is 17.8. The minimum atomic E-state index is -0.585. The van der Waals surface area contributed by atoms with Crippen LogP contribution in [-0.4, -0.2) is 54.8 Å². The third-order valence-electron chi connectivity index (χ3n) is 4.11. The van der Waals surface area contributed by atoms with Gasteiger partial charge in [0.15, 0.2) is 0 Å². The number of nitrogens with one attached hydrogen (secondary N) is 1. The average Bonchev–Trinajstić information content (AvgIpc) is 3.03. The van der Waals surface area contributed by atoms with Crippen LogP contribution in [0.4, 0.5) is 5.69 Å². The second-order valence-corrected chi connectivity index (χ2v) is 6.64. The number of rotatable bonds is 5. The van der Waals surface area contributed by atoms with Crippen LogP contribution in [0.25, 0.3) is 0 Å². The molecule has 0 atom stereocenters. The van der Waals surface area contributed by atoms with E-state index < -0.39 is 11.8 Å². The maximum atomic E-state index is 12.6. The molecule has 1 aromatic rings. The predicted octanol–water partition coefficient (Wildman–Crippen LogP) is 2.61. The topological polar surface area (TPSA) is 52.7 Å². The highest BCUT2D eigenvalue weighted by Gasteiger charge is 2.30. The van der Waals surface area contributed by atoms with Gasteiger partial charge in [0, 0.05) is 29.8 Å². The molecule has 0 aromatic heterocycles. The minimum absolute atomic E-state index is 0.179. The van der Waals surface area contributed by atoms with E-state index in [1.54, 1.807) is 29.2 Å². The molecule has 126 valence electrons. The summed E-state index contributed by atoms with van der Waals surface area (Å²) >= 11 is 5.83. The van der Waals surface area contributed by atoms with Gasteiger partial charge in [-0.3, -0.25) is 9.59 Å². The molecule has 1 fully saturated rings. The average molecular weight is 338 g/mol. The molecular formula is C17H24ClN3O2. The van der Waals surface area contributed by atoms with Crippen molar-refractivity contribution in [2.24, 2.45) is 0 Å². The lowest BCUT2D eigenvalue weighted by molar-refractivity contribution is -0.144. The molecule has 2 rings (SSSR count). The summed E-state index contributed by atoms with van der Waals surface area (Å²) in [6.07, 6.45) is 4.20. The van der Waals surface area contributed by atoms with Gasteiger partial charge in [0.05, 0.1) is 0 Å². The predicted molar refractivity (Wildman–Crippen MR) is 92.6 cm³/mol. The zero-order chi connectivity index (χ0) is 16.8. The molecule has 1 N–H and O–H groups in total. The Hall–Kier alpha value is -1.59. The Bertz CT molecular complexity index is 539. The molecule has 0 aliphatic heterocycles. The lowest BCUT2D eigenvalue weighted by Crippen LogP contribution is -2.47. The molecule has 1 aliphatic carbocycles. The van der Waals surface area contributed by atoms with E-state index in [4.69, 9.17) is 11.6 Å². The van der Waals surface area contributed by atoms with E-state index in [1.165, 1.54) is 0 Å². The number of hydrogen-bond donors (Lipinski definition) is 1. The van der Waals surface area contributed by atoms with Gasteiger partial charge >= 0.3 is 11.8 Å². The molecule has 1 aliphatic rings. The van der Waals surface area contributed by atoms with E-state index in [1.807, 2.05) is 19.0 Å². The van der Waals surface area contributed by atoms with Crippen LogP contribution in [0.2, 0.25) is 5.02 Å². The van der Waals surface area contributed by atoms with E-state index in [2.05, 4.69) is 5.32 Å². The number of carbonyl (C=O) groups excluding carboxylic acids is 2. The van der Waals surface area contributed by atoms with Gasteiger partial charge in [0.25, 0.3) is 0 Å². The summed E-state index contributed by atoms with van der Waals surface area (Å²) in [7, 11) is 3.93. The fourth-order valence-electron chi connectivity index (χ4n) is 2.82.